The van der Waals surface area contributed by atoms with E-state index < -0.39 is 0 Å². The molecule has 0 saturated carbocycles. The summed E-state index contributed by atoms with van der Waals surface area (Å²) in [6, 6.07) is 13.1. The molecular formula is C17H13ClFN3O. The van der Waals surface area contributed by atoms with Gasteiger partial charge in [-0.2, -0.15) is 0 Å². The molecule has 2 heterocycles. The maximum absolute atomic E-state index is 13.1. The number of benzene rings is 1. The SMILES string of the molecule is Fc1cccc(Oc2ccc(CNc3ccnc(Cl)c3)cn2)c1. The van der Waals surface area contributed by atoms with Gasteiger partial charge in [0.05, 0.1) is 0 Å². The van der Waals surface area contributed by atoms with Gasteiger partial charge in [-0.25, -0.2) is 14.4 Å². The third-order valence-corrected chi connectivity index (χ3v) is 3.25. The quantitative estimate of drug-likeness (QED) is 0.691. The van der Waals surface area contributed by atoms with Gasteiger partial charge in [0, 0.05) is 36.8 Å². The van der Waals surface area contributed by atoms with E-state index in [0.29, 0.717) is 23.3 Å². The Balaban J connectivity index is 1.61. The average Bonchev–Trinajstić information content (AvgIpc) is 2.54. The van der Waals surface area contributed by atoms with Gasteiger partial charge in [0.1, 0.15) is 16.7 Å². The van der Waals surface area contributed by atoms with Crippen LogP contribution < -0.4 is 10.1 Å². The third-order valence-electron chi connectivity index (χ3n) is 3.04. The maximum atomic E-state index is 13.1. The Morgan fingerprint density at radius 3 is 2.74 bits per heavy atom. The topological polar surface area (TPSA) is 47.0 Å². The highest BCUT2D eigenvalue weighted by Crippen LogP contribution is 2.20. The second-order valence-electron chi connectivity index (χ2n) is 4.78. The number of aromatic nitrogens is 2. The highest BCUT2D eigenvalue weighted by molar-refractivity contribution is 6.29. The Morgan fingerprint density at radius 2 is 2.00 bits per heavy atom. The number of anilines is 1. The van der Waals surface area contributed by atoms with Crippen LogP contribution in [0.3, 0.4) is 0 Å². The van der Waals surface area contributed by atoms with Gasteiger partial charge in [0.15, 0.2) is 0 Å². The lowest BCUT2D eigenvalue weighted by Gasteiger charge is -2.08. The molecule has 0 aliphatic heterocycles. The molecule has 0 unspecified atom stereocenters. The number of ether oxygens (including phenoxy) is 1. The van der Waals surface area contributed by atoms with Crippen molar-refractivity contribution in [2.24, 2.45) is 0 Å². The summed E-state index contributed by atoms with van der Waals surface area (Å²) in [6.45, 7) is 0.591. The third kappa shape index (κ3) is 4.40. The molecule has 0 atom stereocenters. The molecule has 3 rings (SSSR count). The van der Waals surface area contributed by atoms with Crippen LogP contribution in [0.15, 0.2) is 60.9 Å². The van der Waals surface area contributed by atoms with Crippen LogP contribution >= 0.6 is 11.6 Å². The van der Waals surface area contributed by atoms with E-state index in [2.05, 4.69) is 15.3 Å². The van der Waals surface area contributed by atoms with E-state index in [1.54, 1.807) is 36.7 Å². The Kier molecular flexibility index (Phi) is 4.68. The summed E-state index contributed by atoms with van der Waals surface area (Å²) in [5.74, 6) is 0.473. The molecule has 0 bridgehead atoms. The van der Waals surface area contributed by atoms with E-state index in [0.717, 1.165) is 11.3 Å². The van der Waals surface area contributed by atoms with E-state index in [-0.39, 0.29) is 5.82 Å². The second-order valence-corrected chi connectivity index (χ2v) is 5.17. The van der Waals surface area contributed by atoms with Crippen molar-refractivity contribution in [3.63, 3.8) is 0 Å². The molecule has 2 aromatic heterocycles. The zero-order valence-corrected chi connectivity index (χ0v) is 12.8. The van der Waals surface area contributed by atoms with Crippen molar-refractivity contribution in [2.45, 2.75) is 6.54 Å². The molecule has 0 aliphatic carbocycles. The summed E-state index contributed by atoms with van der Waals surface area (Å²) in [5, 5.41) is 3.66. The van der Waals surface area contributed by atoms with Crippen molar-refractivity contribution in [1.82, 2.24) is 9.97 Å². The average molecular weight is 330 g/mol. The Labute approximate surface area is 137 Å². The molecule has 1 aromatic carbocycles. The molecule has 0 saturated heterocycles. The number of nitrogens with zero attached hydrogens (tertiary/aromatic N) is 2. The van der Waals surface area contributed by atoms with Gasteiger partial charge < -0.3 is 10.1 Å². The Bertz CT molecular complexity index is 796. The number of rotatable bonds is 5. The summed E-state index contributed by atoms with van der Waals surface area (Å²) in [5.41, 5.74) is 1.86. The van der Waals surface area contributed by atoms with E-state index in [4.69, 9.17) is 16.3 Å². The van der Waals surface area contributed by atoms with Gasteiger partial charge in [-0.1, -0.05) is 23.7 Å². The molecule has 6 heteroatoms. The Hall–Kier alpha value is -2.66. The van der Waals surface area contributed by atoms with Gasteiger partial charge in [-0.05, 0) is 29.8 Å². The molecule has 3 aromatic rings. The lowest BCUT2D eigenvalue weighted by Crippen LogP contribution is -2.00. The minimum absolute atomic E-state index is 0.348. The van der Waals surface area contributed by atoms with Crippen LogP contribution in [0.25, 0.3) is 0 Å². The number of halogens is 2. The van der Waals surface area contributed by atoms with Crippen molar-refractivity contribution in [2.75, 3.05) is 5.32 Å². The highest BCUT2D eigenvalue weighted by atomic mass is 35.5. The molecule has 1 N–H and O–H groups in total. The van der Waals surface area contributed by atoms with Crippen LogP contribution in [0, 0.1) is 5.82 Å². The summed E-state index contributed by atoms with van der Waals surface area (Å²) < 4.78 is 18.6. The first-order valence-electron chi connectivity index (χ1n) is 6.93. The standard InChI is InChI=1S/C17H13ClFN3O/c18-16-9-14(6-7-20-16)21-10-12-4-5-17(22-11-12)23-15-3-1-2-13(19)8-15/h1-9,11H,10H2,(H,20,21). The lowest BCUT2D eigenvalue weighted by atomic mass is 10.2. The molecule has 0 radical (unpaired) electrons. The molecule has 4 nitrogen and oxygen atoms in total. The maximum Gasteiger partial charge on any atom is 0.219 e. The molecular weight excluding hydrogens is 317 g/mol. The fraction of sp³-hybridized carbons (Fsp3) is 0.0588. The Morgan fingerprint density at radius 1 is 1.09 bits per heavy atom. The summed E-state index contributed by atoms with van der Waals surface area (Å²) >= 11 is 5.83. The van der Waals surface area contributed by atoms with Crippen LogP contribution in [-0.2, 0) is 6.54 Å². The zero-order valence-electron chi connectivity index (χ0n) is 12.0. The fourth-order valence-corrected chi connectivity index (χ4v) is 2.12. The van der Waals surface area contributed by atoms with Crippen molar-refractivity contribution >= 4 is 17.3 Å². The number of hydrogen-bond donors (Lipinski definition) is 1. The van der Waals surface area contributed by atoms with E-state index >= 15 is 0 Å². The van der Waals surface area contributed by atoms with E-state index in [1.165, 1.54) is 12.1 Å². The minimum atomic E-state index is -0.348. The van der Waals surface area contributed by atoms with Gasteiger partial charge in [-0.3, -0.25) is 0 Å². The number of hydrogen-bond acceptors (Lipinski definition) is 4. The number of nitrogens with one attached hydrogen (secondary N) is 1. The van der Waals surface area contributed by atoms with Crippen molar-refractivity contribution in [3.05, 3.63) is 77.5 Å². The predicted molar refractivity (Wildman–Crippen MR) is 87.3 cm³/mol. The molecule has 23 heavy (non-hydrogen) atoms. The van der Waals surface area contributed by atoms with Crippen LogP contribution in [-0.4, -0.2) is 9.97 Å². The van der Waals surface area contributed by atoms with Gasteiger partial charge in [0.25, 0.3) is 0 Å². The predicted octanol–water partition coefficient (Wildman–Crippen LogP) is 4.67. The van der Waals surface area contributed by atoms with Gasteiger partial charge in [-0.15, -0.1) is 0 Å². The first-order valence-corrected chi connectivity index (χ1v) is 7.30. The zero-order chi connectivity index (χ0) is 16.1. The number of pyridine rings is 2. The van der Waals surface area contributed by atoms with Gasteiger partial charge >= 0.3 is 0 Å². The smallest absolute Gasteiger partial charge is 0.219 e. The van der Waals surface area contributed by atoms with Crippen LogP contribution in [0.1, 0.15) is 5.56 Å². The fourth-order valence-electron chi connectivity index (χ4n) is 1.94. The monoisotopic (exact) mass is 329 g/mol. The summed E-state index contributed by atoms with van der Waals surface area (Å²) in [7, 11) is 0. The molecule has 116 valence electrons. The van der Waals surface area contributed by atoms with Crippen molar-refractivity contribution in [1.29, 1.82) is 0 Å². The molecule has 0 amide bonds. The van der Waals surface area contributed by atoms with Crippen LogP contribution in [0.2, 0.25) is 5.15 Å². The van der Waals surface area contributed by atoms with Crippen LogP contribution in [0.5, 0.6) is 11.6 Å². The van der Waals surface area contributed by atoms with E-state index in [1.807, 2.05) is 12.1 Å². The van der Waals surface area contributed by atoms with E-state index in [9.17, 15) is 4.39 Å². The van der Waals surface area contributed by atoms with Crippen molar-refractivity contribution < 1.29 is 9.13 Å². The molecule has 0 fully saturated rings. The normalized spacial score (nSPS) is 10.3. The molecule has 0 aliphatic rings. The largest absolute Gasteiger partial charge is 0.439 e. The van der Waals surface area contributed by atoms with Crippen LogP contribution in [0.4, 0.5) is 10.1 Å². The minimum Gasteiger partial charge on any atom is -0.439 e. The first-order chi connectivity index (χ1) is 11.2. The van der Waals surface area contributed by atoms with Gasteiger partial charge in [0.2, 0.25) is 5.88 Å². The highest BCUT2D eigenvalue weighted by Gasteiger charge is 2.01. The summed E-state index contributed by atoms with van der Waals surface area (Å²) in [4.78, 5) is 8.13. The first kappa shape index (κ1) is 15.2. The summed E-state index contributed by atoms with van der Waals surface area (Å²) in [6.07, 6.45) is 3.34. The van der Waals surface area contributed by atoms with Crippen molar-refractivity contribution in [3.8, 4) is 11.6 Å². The molecule has 0 spiro atoms. The second kappa shape index (κ2) is 7.07. The lowest BCUT2D eigenvalue weighted by molar-refractivity contribution is 0.458.